The van der Waals surface area contributed by atoms with Crippen LogP contribution in [0.2, 0.25) is 0 Å². The molecular formula is C16H21N3O. The summed E-state index contributed by atoms with van der Waals surface area (Å²) in [4.78, 5) is 0. The van der Waals surface area contributed by atoms with Gasteiger partial charge in [0.2, 0.25) is 0 Å². The van der Waals surface area contributed by atoms with E-state index < -0.39 is 0 Å². The molecule has 2 aromatic rings. The molecule has 4 nitrogen and oxygen atoms in total. The number of nitrogens with two attached hydrogens (primary N) is 1. The van der Waals surface area contributed by atoms with E-state index in [-0.39, 0.29) is 0 Å². The second-order valence-corrected chi connectivity index (χ2v) is 5.57. The monoisotopic (exact) mass is 271 g/mol. The van der Waals surface area contributed by atoms with Gasteiger partial charge >= 0.3 is 0 Å². The first-order valence-corrected chi connectivity index (χ1v) is 7.35. The van der Waals surface area contributed by atoms with E-state index in [2.05, 4.69) is 5.10 Å². The highest BCUT2D eigenvalue weighted by molar-refractivity contribution is 5.42. The lowest BCUT2D eigenvalue weighted by molar-refractivity contribution is 0.308. The van der Waals surface area contributed by atoms with Crippen LogP contribution in [0.3, 0.4) is 0 Å². The zero-order chi connectivity index (χ0) is 13.8. The number of anilines is 1. The lowest BCUT2D eigenvalue weighted by Gasteiger charge is -2.21. The van der Waals surface area contributed by atoms with Gasteiger partial charge < -0.3 is 10.5 Å². The predicted octanol–water partition coefficient (Wildman–Crippen LogP) is 3.84. The molecule has 2 N–H and O–H groups in total. The normalized spacial score (nSPS) is 16.2. The van der Waals surface area contributed by atoms with Gasteiger partial charge in [-0.2, -0.15) is 5.10 Å². The standard InChI is InChI=1S/C16H21N3O/c17-14-6-8-15(9-7-14)20-16-10-18-19(12-16)11-13-4-2-1-3-5-13/h6-10,12-13H,1-5,11,17H2. The van der Waals surface area contributed by atoms with Gasteiger partial charge in [0, 0.05) is 12.2 Å². The summed E-state index contributed by atoms with van der Waals surface area (Å²) in [5.41, 5.74) is 6.40. The van der Waals surface area contributed by atoms with Gasteiger partial charge in [0.1, 0.15) is 5.75 Å². The molecule has 1 aliphatic rings. The maximum atomic E-state index is 5.76. The van der Waals surface area contributed by atoms with Crippen molar-refractivity contribution in [3.05, 3.63) is 36.7 Å². The van der Waals surface area contributed by atoms with Gasteiger partial charge in [-0.3, -0.25) is 4.68 Å². The number of rotatable bonds is 4. The highest BCUT2D eigenvalue weighted by atomic mass is 16.5. The van der Waals surface area contributed by atoms with Crippen molar-refractivity contribution in [2.24, 2.45) is 5.92 Å². The Balaban J connectivity index is 1.60. The molecule has 1 aromatic carbocycles. The Hall–Kier alpha value is -1.97. The van der Waals surface area contributed by atoms with Crippen molar-refractivity contribution in [2.75, 3.05) is 5.73 Å². The predicted molar refractivity (Wildman–Crippen MR) is 79.7 cm³/mol. The van der Waals surface area contributed by atoms with Crippen LogP contribution in [0.1, 0.15) is 32.1 Å². The third kappa shape index (κ3) is 3.32. The molecule has 0 spiro atoms. The Labute approximate surface area is 119 Å². The van der Waals surface area contributed by atoms with Crippen LogP contribution in [-0.2, 0) is 6.54 Å². The van der Waals surface area contributed by atoms with Gasteiger partial charge in [-0.1, -0.05) is 19.3 Å². The first-order valence-electron chi connectivity index (χ1n) is 7.35. The van der Waals surface area contributed by atoms with E-state index in [1.807, 2.05) is 35.1 Å². The summed E-state index contributed by atoms with van der Waals surface area (Å²) >= 11 is 0. The minimum absolute atomic E-state index is 0.741. The third-order valence-electron chi connectivity index (χ3n) is 3.90. The van der Waals surface area contributed by atoms with E-state index in [1.165, 1.54) is 32.1 Å². The smallest absolute Gasteiger partial charge is 0.165 e. The fourth-order valence-corrected chi connectivity index (χ4v) is 2.80. The van der Waals surface area contributed by atoms with Crippen LogP contribution in [0.4, 0.5) is 5.69 Å². The van der Waals surface area contributed by atoms with Crippen molar-refractivity contribution in [1.82, 2.24) is 9.78 Å². The number of benzene rings is 1. The van der Waals surface area contributed by atoms with Crippen LogP contribution in [0.15, 0.2) is 36.7 Å². The number of nitrogen functional groups attached to an aromatic ring is 1. The second-order valence-electron chi connectivity index (χ2n) is 5.57. The molecule has 0 aliphatic heterocycles. The lowest BCUT2D eigenvalue weighted by Crippen LogP contribution is -2.14. The maximum Gasteiger partial charge on any atom is 0.165 e. The number of aromatic nitrogens is 2. The zero-order valence-electron chi connectivity index (χ0n) is 11.7. The number of ether oxygens (including phenoxy) is 1. The molecule has 1 aromatic heterocycles. The molecule has 0 atom stereocenters. The minimum atomic E-state index is 0.741. The van der Waals surface area contributed by atoms with Crippen LogP contribution in [0.25, 0.3) is 0 Å². The summed E-state index contributed by atoms with van der Waals surface area (Å²) in [5, 5.41) is 4.39. The van der Waals surface area contributed by atoms with Gasteiger partial charge in [0.25, 0.3) is 0 Å². The quantitative estimate of drug-likeness (QED) is 0.860. The van der Waals surface area contributed by atoms with Gasteiger partial charge in [-0.15, -0.1) is 0 Å². The van der Waals surface area contributed by atoms with E-state index in [1.54, 1.807) is 6.20 Å². The Bertz CT molecular complexity index is 541. The fourth-order valence-electron chi connectivity index (χ4n) is 2.80. The van der Waals surface area contributed by atoms with E-state index >= 15 is 0 Å². The summed E-state index contributed by atoms with van der Waals surface area (Å²) in [6, 6.07) is 7.41. The summed E-state index contributed by atoms with van der Waals surface area (Å²) in [6.07, 6.45) is 10.5. The molecule has 20 heavy (non-hydrogen) atoms. The molecule has 1 fully saturated rings. The van der Waals surface area contributed by atoms with Crippen molar-refractivity contribution in [1.29, 1.82) is 0 Å². The summed E-state index contributed by atoms with van der Waals surface area (Å²) in [6.45, 7) is 1.01. The first-order chi connectivity index (χ1) is 9.79. The molecular weight excluding hydrogens is 250 g/mol. The van der Waals surface area contributed by atoms with Crippen LogP contribution in [-0.4, -0.2) is 9.78 Å². The molecule has 0 bridgehead atoms. The van der Waals surface area contributed by atoms with Crippen LogP contribution < -0.4 is 10.5 Å². The maximum absolute atomic E-state index is 5.76. The van der Waals surface area contributed by atoms with E-state index in [0.717, 1.165) is 29.6 Å². The van der Waals surface area contributed by atoms with E-state index in [4.69, 9.17) is 10.5 Å². The molecule has 4 heteroatoms. The van der Waals surface area contributed by atoms with Crippen LogP contribution in [0.5, 0.6) is 11.5 Å². The topological polar surface area (TPSA) is 53.1 Å². The number of nitrogens with zero attached hydrogens (tertiary/aromatic N) is 2. The summed E-state index contributed by atoms with van der Waals surface area (Å²) in [7, 11) is 0. The van der Waals surface area contributed by atoms with Crippen molar-refractivity contribution < 1.29 is 4.74 Å². The van der Waals surface area contributed by atoms with Gasteiger partial charge in [0.15, 0.2) is 5.75 Å². The lowest BCUT2D eigenvalue weighted by atomic mass is 9.89. The molecule has 3 rings (SSSR count). The highest BCUT2D eigenvalue weighted by Crippen LogP contribution is 2.26. The van der Waals surface area contributed by atoms with E-state index in [9.17, 15) is 0 Å². The fraction of sp³-hybridized carbons (Fsp3) is 0.438. The zero-order valence-corrected chi connectivity index (χ0v) is 11.7. The van der Waals surface area contributed by atoms with Crippen molar-refractivity contribution in [3.63, 3.8) is 0 Å². The Kier molecular flexibility index (Phi) is 3.90. The third-order valence-corrected chi connectivity index (χ3v) is 3.90. The molecule has 1 heterocycles. The first kappa shape index (κ1) is 13.0. The largest absolute Gasteiger partial charge is 0.454 e. The van der Waals surface area contributed by atoms with Gasteiger partial charge in [-0.05, 0) is 43.0 Å². The van der Waals surface area contributed by atoms with Crippen molar-refractivity contribution in [2.45, 2.75) is 38.6 Å². The Morgan fingerprint density at radius 2 is 1.85 bits per heavy atom. The summed E-state index contributed by atoms with van der Waals surface area (Å²) < 4.78 is 7.77. The minimum Gasteiger partial charge on any atom is -0.454 e. The Morgan fingerprint density at radius 3 is 2.60 bits per heavy atom. The number of hydrogen-bond acceptors (Lipinski definition) is 3. The average molecular weight is 271 g/mol. The molecule has 0 unspecified atom stereocenters. The van der Waals surface area contributed by atoms with E-state index in [0.29, 0.717) is 0 Å². The van der Waals surface area contributed by atoms with Crippen molar-refractivity contribution >= 4 is 5.69 Å². The molecule has 1 aliphatic carbocycles. The molecule has 106 valence electrons. The van der Waals surface area contributed by atoms with Gasteiger partial charge in [0.05, 0.1) is 12.4 Å². The number of hydrogen-bond donors (Lipinski definition) is 1. The second kappa shape index (κ2) is 5.99. The Morgan fingerprint density at radius 1 is 1.10 bits per heavy atom. The average Bonchev–Trinajstić information content (AvgIpc) is 2.90. The summed E-state index contributed by atoms with van der Waals surface area (Å²) in [5.74, 6) is 2.34. The van der Waals surface area contributed by atoms with Crippen LogP contribution >= 0.6 is 0 Å². The van der Waals surface area contributed by atoms with Crippen molar-refractivity contribution in [3.8, 4) is 11.5 Å². The molecule has 0 saturated heterocycles. The molecule has 0 amide bonds. The SMILES string of the molecule is Nc1ccc(Oc2cnn(CC3CCCCC3)c2)cc1. The highest BCUT2D eigenvalue weighted by Gasteiger charge is 2.14. The molecule has 1 saturated carbocycles. The molecule has 0 radical (unpaired) electrons. The van der Waals surface area contributed by atoms with Crippen LogP contribution in [0, 0.1) is 5.92 Å². The van der Waals surface area contributed by atoms with Gasteiger partial charge in [-0.25, -0.2) is 0 Å².